The number of aromatic amines is 1. The van der Waals surface area contributed by atoms with E-state index >= 15 is 0 Å². The highest BCUT2D eigenvalue weighted by molar-refractivity contribution is 6.43. The lowest BCUT2D eigenvalue weighted by Gasteiger charge is -2.02. The number of nitrogens with one attached hydrogen (secondary N) is 1. The van der Waals surface area contributed by atoms with Gasteiger partial charge in [0, 0.05) is 16.6 Å². The van der Waals surface area contributed by atoms with E-state index in [9.17, 15) is 9.59 Å². The van der Waals surface area contributed by atoms with E-state index in [0.717, 1.165) is 5.52 Å². The molecule has 100 valence electrons. The monoisotopic (exact) mass is 261 g/mol. The maximum Gasteiger partial charge on any atom is 0.379 e. The molecule has 5 nitrogen and oxygen atoms in total. The molecule has 0 saturated heterocycles. The Morgan fingerprint density at radius 1 is 1.32 bits per heavy atom. The lowest BCUT2D eigenvalue weighted by Crippen LogP contribution is -2.18. The number of ether oxygens (including phenoxy) is 2. The lowest BCUT2D eigenvalue weighted by atomic mass is 10.1. The summed E-state index contributed by atoms with van der Waals surface area (Å²) in [4.78, 5) is 26.7. The molecule has 0 aliphatic rings. The number of aromatic nitrogens is 1. The summed E-state index contributed by atoms with van der Waals surface area (Å²) in [6.07, 6.45) is 0. The third-order valence-corrected chi connectivity index (χ3v) is 2.88. The lowest BCUT2D eigenvalue weighted by molar-refractivity contribution is -0.137. The van der Waals surface area contributed by atoms with Crippen molar-refractivity contribution in [2.45, 2.75) is 13.8 Å². The molecule has 1 N–H and O–H groups in total. The summed E-state index contributed by atoms with van der Waals surface area (Å²) in [5, 5.41) is 0.662. The minimum absolute atomic E-state index is 0.176. The third-order valence-electron chi connectivity index (χ3n) is 2.88. The molecular formula is C14H15NO4. The van der Waals surface area contributed by atoms with Crippen LogP contribution in [0.4, 0.5) is 0 Å². The van der Waals surface area contributed by atoms with Gasteiger partial charge in [0.1, 0.15) is 5.75 Å². The van der Waals surface area contributed by atoms with Gasteiger partial charge in [-0.3, -0.25) is 4.79 Å². The van der Waals surface area contributed by atoms with E-state index in [1.165, 1.54) is 0 Å². The molecule has 0 bridgehead atoms. The van der Waals surface area contributed by atoms with Crippen molar-refractivity contribution in [1.29, 1.82) is 0 Å². The summed E-state index contributed by atoms with van der Waals surface area (Å²) < 4.78 is 9.89. The average molecular weight is 261 g/mol. The van der Waals surface area contributed by atoms with Crippen molar-refractivity contribution in [2.24, 2.45) is 0 Å². The SMILES string of the molecule is CCOC(=O)C(=O)c1c(C)[nH]c2ccc(OC)cc12. The van der Waals surface area contributed by atoms with Gasteiger partial charge in [-0.1, -0.05) is 0 Å². The van der Waals surface area contributed by atoms with Crippen LogP contribution in [0.3, 0.4) is 0 Å². The summed E-state index contributed by atoms with van der Waals surface area (Å²) in [7, 11) is 1.55. The molecule has 5 heteroatoms. The molecule has 1 aromatic carbocycles. The molecular weight excluding hydrogens is 246 g/mol. The fourth-order valence-corrected chi connectivity index (χ4v) is 2.02. The van der Waals surface area contributed by atoms with Crippen LogP contribution in [0.1, 0.15) is 23.0 Å². The number of carbonyl (C=O) groups excluding carboxylic acids is 2. The predicted molar refractivity (Wildman–Crippen MR) is 70.6 cm³/mol. The fraction of sp³-hybridized carbons (Fsp3) is 0.286. The van der Waals surface area contributed by atoms with Crippen LogP contribution in [0.2, 0.25) is 0 Å². The number of ketones is 1. The summed E-state index contributed by atoms with van der Waals surface area (Å²) in [5.41, 5.74) is 1.76. The van der Waals surface area contributed by atoms with E-state index < -0.39 is 11.8 Å². The Morgan fingerprint density at radius 3 is 2.68 bits per heavy atom. The standard InChI is InChI=1S/C14H15NO4/c1-4-19-14(17)13(16)12-8(2)15-11-6-5-9(18-3)7-10(11)12/h5-7,15H,4H2,1-3H3. The predicted octanol–water partition coefficient (Wildman–Crippen LogP) is 2.23. The average Bonchev–Trinajstić information content (AvgIpc) is 2.72. The number of methoxy groups -OCH3 is 1. The maximum atomic E-state index is 12.1. The first-order valence-corrected chi connectivity index (χ1v) is 5.96. The Bertz CT molecular complexity index is 642. The highest BCUT2D eigenvalue weighted by Gasteiger charge is 2.23. The number of fused-ring (bicyclic) bond motifs is 1. The van der Waals surface area contributed by atoms with E-state index in [4.69, 9.17) is 9.47 Å². The number of H-pyrrole nitrogens is 1. The van der Waals surface area contributed by atoms with Crippen molar-refractivity contribution in [1.82, 2.24) is 4.98 Å². The van der Waals surface area contributed by atoms with Gasteiger partial charge in [0.15, 0.2) is 0 Å². The second-order valence-electron chi connectivity index (χ2n) is 4.09. The van der Waals surface area contributed by atoms with Gasteiger partial charge in [-0.15, -0.1) is 0 Å². The van der Waals surface area contributed by atoms with Gasteiger partial charge in [0.05, 0.1) is 19.3 Å². The number of benzene rings is 1. The van der Waals surface area contributed by atoms with E-state index in [0.29, 0.717) is 22.4 Å². The number of carbonyl (C=O) groups is 2. The van der Waals surface area contributed by atoms with Crippen molar-refractivity contribution in [3.63, 3.8) is 0 Å². The van der Waals surface area contributed by atoms with Crippen LogP contribution in [0, 0.1) is 6.92 Å². The van der Waals surface area contributed by atoms with Gasteiger partial charge in [0.2, 0.25) is 0 Å². The quantitative estimate of drug-likeness (QED) is 0.520. The number of Topliss-reactive ketones (excluding diaryl/α,β-unsaturated/α-hetero) is 1. The zero-order valence-corrected chi connectivity index (χ0v) is 11.1. The number of hydrogen-bond donors (Lipinski definition) is 1. The van der Waals surface area contributed by atoms with Crippen LogP contribution in [0.25, 0.3) is 10.9 Å². The summed E-state index contributed by atoms with van der Waals surface area (Å²) in [6, 6.07) is 5.32. The molecule has 0 amide bonds. The van der Waals surface area contributed by atoms with Crippen LogP contribution < -0.4 is 4.74 Å². The molecule has 19 heavy (non-hydrogen) atoms. The van der Waals surface area contributed by atoms with E-state index in [2.05, 4.69) is 4.98 Å². The van der Waals surface area contributed by atoms with Gasteiger partial charge in [0.25, 0.3) is 5.78 Å². The first kappa shape index (κ1) is 13.1. The van der Waals surface area contributed by atoms with Gasteiger partial charge in [-0.05, 0) is 32.0 Å². The topological polar surface area (TPSA) is 68.4 Å². The second-order valence-corrected chi connectivity index (χ2v) is 4.09. The van der Waals surface area contributed by atoms with Gasteiger partial charge in [-0.2, -0.15) is 0 Å². The highest BCUT2D eigenvalue weighted by Crippen LogP contribution is 2.26. The van der Waals surface area contributed by atoms with Crippen molar-refractivity contribution < 1.29 is 19.1 Å². The summed E-state index contributed by atoms with van der Waals surface area (Å²) in [5.74, 6) is -0.849. The minimum atomic E-state index is -0.839. The maximum absolute atomic E-state index is 12.1. The Balaban J connectivity index is 2.55. The smallest absolute Gasteiger partial charge is 0.379 e. The number of hydrogen-bond acceptors (Lipinski definition) is 4. The van der Waals surface area contributed by atoms with Gasteiger partial charge >= 0.3 is 5.97 Å². The molecule has 0 fully saturated rings. The highest BCUT2D eigenvalue weighted by atomic mass is 16.5. The van der Waals surface area contributed by atoms with Crippen molar-refractivity contribution >= 4 is 22.7 Å². The molecule has 0 atom stereocenters. The first-order chi connectivity index (χ1) is 9.08. The van der Waals surface area contributed by atoms with Crippen LogP contribution in [0.15, 0.2) is 18.2 Å². The number of esters is 1. The number of aryl methyl sites for hydroxylation is 1. The van der Waals surface area contributed by atoms with E-state index in [1.807, 2.05) is 6.07 Å². The van der Waals surface area contributed by atoms with Crippen LogP contribution in [-0.2, 0) is 9.53 Å². The Kier molecular flexibility index (Phi) is 3.55. The van der Waals surface area contributed by atoms with Crippen molar-refractivity contribution in [2.75, 3.05) is 13.7 Å². The molecule has 1 aromatic heterocycles. The molecule has 1 heterocycles. The Labute approximate surface area is 110 Å². The Morgan fingerprint density at radius 2 is 2.05 bits per heavy atom. The van der Waals surface area contributed by atoms with Crippen molar-refractivity contribution in [3.8, 4) is 5.75 Å². The summed E-state index contributed by atoms with van der Waals surface area (Å²) in [6.45, 7) is 3.59. The molecule has 0 unspecified atom stereocenters. The zero-order valence-electron chi connectivity index (χ0n) is 11.1. The number of rotatable bonds is 4. The van der Waals surface area contributed by atoms with Gasteiger partial charge in [-0.25, -0.2) is 4.79 Å². The molecule has 2 aromatic rings. The normalized spacial score (nSPS) is 10.5. The molecule has 0 aliphatic carbocycles. The molecule has 0 radical (unpaired) electrons. The molecule has 2 rings (SSSR count). The Hall–Kier alpha value is -2.30. The van der Waals surface area contributed by atoms with Crippen LogP contribution in [-0.4, -0.2) is 30.5 Å². The molecule has 0 saturated carbocycles. The molecule has 0 spiro atoms. The van der Waals surface area contributed by atoms with Crippen LogP contribution in [0.5, 0.6) is 5.75 Å². The van der Waals surface area contributed by atoms with E-state index in [1.54, 1.807) is 33.1 Å². The second kappa shape index (κ2) is 5.14. The minimum Gasteiger partial charge on any atom is -0.497 e. The molecule has 0 aliphatic heterocycles. The first-order valence-electron chi connectivity index (χ1n) is 5.96. The van der Waals surface area contributed by atoms with Crippen molar-refractivity contribution in [3.05, 3.63) is 29.5 Å². The van der Waals surface area contributed by atoms with Gasteiger partial charge < -0.3 is 14.5 Å². The summed E-state index contributed by atoms with van der Waals surface area (Å²) >= 11 is 0. The van der Waals surface area contributed by atoms with E-state index in [-0.39, 0.29) is 6.61 Å². The largest absolute Gasteiger partial charge is 0.497 e. The zero-order chi connectivity index (χ0) is 14.0. The fourth-order valence-electron chi connectivity index (χ4n) is 2.02. The third kappa shape index (κ3) is 2.31. The van der Waals surface area contributed by atoms with Crippen LogP contribution >= 0.6 is 0 Å².